The van der Waals surface area contributed by atoms with Crippen molar-refractivity contribution < 1.29 is 0 Å². The molecule has 2 aromatic heterocycles. The molecular formula is C17H18N2Si. The van der Waals surface area contributed by atoms with Crippen molar-refractivity contribution in [2.75, 3.05) is 0 Å². The van der Waals surface area contributed by atoms with Crippen molar-refractivity contribution in [3.8, 4) is 11.5 Å². The van der Waals surface area contributed by atoms with Crippen molar-refractivity contribution in [3.63, 3.8) is 0 Å². The van der Waals surface area contributed by atoms with Gasteiger partial charge in [0.2, 0.25) is 0 Å². The second-order valence-electron chi connectivity index (χ2n) is 5.58. The largest absolute Gasteiger partial charge is 0.265 e. The molecule has 0 bridgehead atoms. The molecule has 0 saturated heterocycles. The van der Waals surface area contributed by atoms with Crippen molar-refractivity contribution in [2.45, 2.75) is 19.6 Å². The highest BCUT2D eigenvalue weighted by Crippen LogP contribution is 2.11. The van der Waals surface area contributed by atoms with E-state index in [0.717, 1.165) is 16.7 Å². The minimum atomic E-state index is -1.37. The Hall–Kier alpha value is -2.18. The van der Waals surface area contributed by atoms with Gasteiger partial charge in [0.05, 0.1) is 0 Å². The molecule has 0 aliphatic carbocycles. The van der Waals surface area contributed by atoms with Gasteiger partial charge >= 0.3 is 0 Å². The van der Waals surface area contributed by atoms with E-state index in [1.54, 1.807) is 18.6 Å². The molecule has 2 heterocycles. The summed E-state index contributed by atoms with van der Waals surface area (Å²) in [5.41, 5.74) is 6.59. The Labute approximate surface area is 121 Å². The van der Waals surface area contributed by atoms with Crippen LogP contribution in [0.2, 0.25) is 19.6 Å². The zero-order valence-electron chi connectivity index (χ0n) is 12.1. The molecule has 2 rings (SSSR count). The minimum absolute atomic E-state index is 0.986. The van der Waals surface area contributed by atoms with Crippen LogP contribution in [0.1, 0.15) is 16.7 Å². The average molecular weight is 278 g/mol. The van der Waals surface area contributed by atoms with Gasteiger partial charge in [-0.3, -0.25) is 9.97 Å². The van der Waals surface area contributed by atoms with Crippen LogP contribution in [0.25, 0.3) is 12.2 Å². The SMILES string of the molecule is C[Si](C)(C)C#Cc1cnccc1C=Cc1ccncc1. The predicted molar refractivity (Wildman–Crippen MR) is 87.6 cm³/mol. The number of rotatable bonds is 2. The molecule has 0 amide bonds. The van der Waals surface area contributed by atoms with E-state index in [4.69, 9.17) is 0 Å². The Morgan fingerprint density at radius 2 is 1.65 bits per heavy atom. The van der Waals surface area contributed by atoms with E-state index in [1.165, 1.54) is 0 Å². The Morgan fingerprint density at radius 1 is 0.950 bits per heavy atom. The van der Waals surface area contributed by atoms with Crippen LogP contribution >= 0.6 is 0 Å². The molecule has 0 radical (unpaired) electrons. The molecule has 0 fully saturated rings. The Balaban J connectivity index is 2.29. The number of hydrogen-bond acceptors (Lipinski definition) is 2. The van der Waals surface area contributed by atoms with Gasteiger partial charge in [0.25, 0.3) is 0 Å². The average Bonchev–Trinajstić information content (AvgIpc) is 2.44. The van der Waals surface area contributed by atoms with Crippen LogP contribution in [-0.4, -0.2) is 18.0 Å². The van der Waals surface area contributed by atoms with Gasteiger partial charge in [-0.05, 0) is 29.3 Å². The molecule has 0 spiro atoms. The van der Waals surface area contributed by atoms with Gasteiger partial charge < -0.3 is 0 Å². The second-order valence-corrected chi connectivity index (χ2v) is 10.3. The standard InChI is InChI=1S/C17H18N2Si/c1-20(2,3)13-9-17-14-19-12-8-16(17)5-4-15-6-10-18-11-7-15/h4-8,10-12,14H,1-3H3. The van der Waals surface area contributed by atoms with Gasteiger partial charge in [-0.15, -0.1) is 5.54 Å². The molecule has 0 aliphatic rings. The van der Waals surface area contributed by atoms with Gasteiger partial charge in [0.1, 0.15) is 8.07 Å². The first-order valence-electron chi connectivity index (χ1n) is 6.60. The molecule has 0 unspecified atom stereocenters. The van der Waals surface area contributed by atoms with Crippen LogP contribution in [0.5, 0.6) is 0 Å². The normalized spacial score (nSPS) is 11.2. The number of aromatic nitrogens is 2. The summed E-state index contributed by atoms with van der Waals surface area (Å²) >= 11 is 0. The summed E-state index contributed by atoms with van der Waals surface area (Å²) in [5.74, 6) is 3.28. The molecular weight excluding hydrogens is 260 g/mol. The van der Waals surface area contributed by atoms with E-state index in [0.29, 0.717) is 0 Å². The fourth-order valence-electron chi connectivity index (χ4n) is 1.57. The van der Waals surface area contributed by atoms with E-state index in [2.05, 4.69) is 53.2 Å². The molecule has 0 atom stereocenters. The fraction of sp³-hybridized carbons (Fsp3) is 0.176. The lowest BCUT2D eigenvalue weighted by Crippen LogP contribution is -2.16. The van der Waals surface area contributed by atoms with Crippen molar-refractivity contribution >= 4 is 20.2 Å². The monoisotopic (exact) mass is 278 g/mol. The van der Waals surface area contributed by atoms with Crippen molar-refractivity contribution in [1.82, 2.24) is 9.97 Å². The maximum Gasteiger partial charge on any atom is 0.129 e. The zero-order valence-corrected chi connectivity index (χ0v) is 13.1. The zero-order chi connectivity index (χ0) is 14.4. The summed E-state index contributed by atoms with van der Waals surface area (Å²) < 4.78 is 0. The maximum absolute atomic E-state index is 4.17. The van der Waals surface area contributed by atoms with Crippen LogP contribution in [-0.2, 0) is 0 Å². The molecule has 2 nitrogen and oxygen atoms in total. The number of hydrogen-bond donors (Lipinski definition) is 0. The van der Waals surface area contributed by atoms with Crippen molar-refractivity contribution in [1.29, 1.82) is 0 Å². The van der Waals surface area contributed by atoms with Gasteiger partial charge in [-0.1, -0.05) is 37.7 Å². The third-order valence-electron chi connectivity index (χ3n) is 2.59. The fourth-order valence-corrected chi connectivity index (χ4v) is 2.08. The number of nitrogens with zero attached hydrogens (tertiary/aromatic N) is 2. The van der Waals surface area contributed by atoms with Crippen molar-refractivity contribution in [3.05, 3.63) is 59.7 Å². The summed E-state index contributed by atoms with van der Waals surface area (Å²) in [6, 6.07) is 5.95. The lowest BCUT2D eigenvalue weighted by molar-refractivity contribution is 1.30. The molecule has 2 aromatic rings. The third kappa shape index (κ3) is 4.49. The van der Waals surface area contributed by atoms with Crippen LogP contribution < -0.4 is 0 Å². The maximum atomic E-state index is 4.17. The lowest BCUT2D eigenvalue weighted by Gasteiger charge is -2.04. The van der Waals surface area contributed by atoms with Crippen molar-refractivity contribution in [2.24, 2.45) is 0 Å². The Bertz CT molecular complexity index is 659. The minimum Gasteiger partial charge on any atom is -0.265 e. The van der Waals surface area contributed by atoms with Crippen LogP contribution in [0.15, 0.2) is 43.0 Å². The summed E-state index contributed by atoms with van der Waals surface area (Å²) in [7, 11) is -1.37. The Morgan fingerprint density at radius 3 is 2.35 bits per heavy atom. The molecule has 0 aliphatic heterocycles. The van der Waals surface area contributed by atoms with E-state index >= 15 is 0 Å². The molecule has 0 saturated carbocycles. The number of pyridine rings is 2. The quantitative estimate of drug-likeness (QED) is 0.615. The highest BCUT2D eigenvalue weighted by molar-refractivity contribution is 6.83. The van der Waals surface area contributed by atoms with Crippen LogP contribution in [0.3, 0.4) is 0 Å². The predicted octanol–water partition coefficient (Wildman–Crippen LogP) is 3.88. The Kier molecular flexibility index (Phi) is 4.49. The molecule has 3 heteroatoms. The van der Waals surface area contributed by atoms with Gasteiger partial charge in [-0.25, -0.2) is 0 Å². The highest BCUT2D eigenvalue weighted by Gasteiger charge is 2.07. The van der Waals surface area contributed by atoms with Gasteiger partial charge in [0, 0.05) is 30.4 Å². The van der Waals surface area contributed by atoms with E-state index < -0.39 is 8.07 Å². The summed E-state index contributed by atoms with van der Waals surface area (Å²) in [5, 5.41) is 0. The van der Waals surface area contributed by atoms with Gasteiger partial charge in [-0.2, -0.15) is 0 Å². The van der Waals surface area contributed by atoms with E-state index in [1.807, 2.05) is 24.4 Å². The van der Waals surface area contributed by atoms with Crippen LogP contribution in [0, 0.1) is 11.5 Å². The van der Waals surface area contributed by atoms with E-state index in [-0.39, 0.29) is 0 Å². The lowest BCUT2D eigenvalue weighted by atomic mass is 10.1. The summed E-state index contributed by atoms with van der Waals surface area (Å²) in [6.07, 6.45) is 11.4. The summed E-state index contributed by atoms with van der Waals surface area (Å²) in [6.45, 7) is 6.72. The highest BCUT2D eigenvalue weighted by atomic mass is 28.3. The smallest absolute Gasteiger partial charge is 0.129 e. The summed E-state index contributed by atoms with van der Waals surface area (Å²) in [4.78, 5) is 8.18. The second kappa shape index (κ2) is 6.31. The van der Waals surface area contributed by atoms with Crippen LogP contribution in [0.4, 0.5) is 0 Å². The first-order chi connectivity index (χ1) is 9.54. The molecule has 0 N–H and O–H groups in total. The third-order valence-corrected chi connectivity index (χ3v) is 3.46. The molecule has 20 heavy (non-hydrogen) atoms. The molecule has 100 valence electrons. The first-order valence-corrected chi connectivity index (χ1v) is 10.1. The van der Waals surface area contributed by atoms with E-state index in [9.17, 15) is 0 Å². The first kappa shape index (κ1) is 14.2. The van der Waals surface area contributed by atoms with Gasteiger partial charge in [0.15, 0.2) is 0 Å². The topological polar surface area (TPSA) is 25.8 Å². The molecule has 0 aromatic carbocycles.